The van der Waals surface area contributed by atoms with Crippen LogP contribution in [0.5, 0.6) is 0 Å². The summed E-state index contributed by atoms with van der Waals surface area (Å²) in [5.41, 5.74) is 1.50. The van der Waals surface area contributed by atoms with Crippen molar-refractivity contribution in [2.45, 2.75) is 64.2 Å². The predicted octanol–water partition coefficient (Wildman–Crippen LogP) is 5.98. The van der Waals surface area contributed by atoms with Crippen molar-refractivity contribution in [2.24, 2.45) is 11.3 Å². The van der Waals surface area contributed by atoms with Gasteiger partial charge in [0.25, 0.3) is 0 Å². The molecule has 1 aliphatic rings. The molecule has 1 amide bonds. The van der Waals surface area contributed by atoms with E-state index in [4.69, 9.17) is 39.5 Å². The van der Waals surface area contributed by atoms with Gasteiger partial charge in [-0.2, -0.15) is 0 Å². The molecule has 1 aromatic heterocycles. The van der Waals surface area contributed by atoms with E-state index in [1.165, 1.54) is 23.2 Å². The van der Waals surface area contributed by atoms with E-state index in [1.54, 1.807) is 12.1 Å². The first kappa shape index (κ1) is 34.1. The zero-order valence-corrected chi connectivity index (χ0v) is 26.7. The number of aryl methyl sites for hydroxylation is 2. The molecule has 0 saturated heterocycles. The minimum absolute atomic E-state index is 0.0388. The van der Waals surface area contributed by atoms with Gasteiger partial charge in [0.1, 0.15) is 11.5 Å². The summed E-state index contributed by atoms with van der Waals surface area (Å²) in [6, 6.07) is 5.47. The van der Waals surface area contributed by atoms with Gasteiger partial charge < -0.3 is 25.0 Å². The summed E-state index contributed by atoms with van der Waals surface area (Å²) in [5.74, 6) is -0.358. The number of esters is 1. The number of benzene rings is 1. The normalized spacial score (nSPS) is 17.2. The summed E-state index contributed by atoms with van der Waals surface area (Å²) in [6.07, 6.45) is 6.54. The zero-order chi connectivity index (χ0) is 30.2. The van der Waals surface area contributed by atoms with Crippen LogP contribution in [0.25, 0.3) is 11.1 Å². The molecule has 41 heavy (non-hydrogen) atoms. The molecule has 3 rings (SSSR count). The maximum atomic E-state index is 13.3. The maximum absolute atomic E-state index is 13.3. The number of carbonyl (C=O) groups is 2. The van der Waals surface area contributed by atoms with E-state index in [0.717, 1.165) is 66.5 Å². The third kappa shape index (κ3) is 9.05. The van der Waals surface area contributed by atoms with Gasteiger partial charge in [0.05, 0.1) is 30.3 Å². The van der Waals surface area contributed by atoms with Crippen LogP contribution < -0.4 is 0 Å². The van der Waals surface area contributed by atoms with Crippen LogP contribution in [0, 0.1) is 11.3 Å². The van der Waals surface area contributed by atoms with Crippen molar-refractivity contribution in [3.8, 4) is 11.1 Å². The Balaban J connectivity index is 1.86. The molecule has 0 bridgehead atoms. The molecule has 228 valence electrons. The SMILES string of the molecule is CCCc1sc(C(=O)OCC(CO)(CO)CN(CCO)C(C)=O)cc1-c1c(Cl)cc(Cl)cc1CCC1CCC(Cl)C1. The van der Waals surface area contributed by atoms with E-state index in [-0.39, 0.29) is 37.6 Å². The Hall–Kier alpha value is -1.39. The molecule has 7 nitrogen and oxygen atoms in total. The van der Waals surface area contributed by atoms with Gasteiger partial charge >= 0.3 is 5.97 Å². The number of carbonyl (C=O) groups excluding carboxylic acids is 2. The number of amides is 1. The Kier molecular flexibility index (Phi) is 13.2. The predicted molar refractivity (Wildman–Crippen MR) is 165 cm³/mol. The first-order valence-corrected chi connectivity index (χ1v) is 16.1. The highest BCUT2D eigenvalue weighted by atomic mass is 35.5. The molecule has 1 aromatic carbocycles. The van der Waals surface area contributed by atoms with Crippen LogP contribution in [0.3, 0.4) is 0 Å². The number of ether oxygens (including phenoxy) is 1. The van der Waals surface area contributed by atoms with E-state index >= 15 is 0 Å². The van der Waals surface area contributed by atoms with Crippen LogP contribution in [0.1, 0.15) is 66.1 Å². The standard InChI is InChI=1S/C30H40Cl3NO6S/c1-3-4-26-24(28-21(12-23(32)13-25(28)33)7-5-20-6-8-22(31)11-20)14-27(41-26)29(39)40-18-30(16-36,17-37)15-34(9-10-35)19(2)38/h12-14,20,22,35-37H,3-11,15-18H2,1-2H3. The van der Waals surface area contributed by atoms with E-state index in [1.807, 2.05) is 6.07 Å². The second-order valence-corrected chi connectivity index (χ2v) is 13.6. The Labute approximate surface area is 261 Å². The van der Waals surface area contributed by atoms with Gasteiger partial charge in [-0.05, 0) is 73.8 Å². The quantitative estimate of drug-likeness (QED) is 0.162. The van der Waals surface area contributed by atoms with Crippen molar-refractivity contribution >= 4 is 58.0 Å². The molecule has 11 heteroatoms. The summed E-state index contributed by atoms with van der Waals surface area (Å²) in [6.45, 7) is 1.76. The van der Waals surface area contributed by atoms with Gasteiger partial charge in [-0.15, -0.1) is 22.9 Å². The van der Waals surface area contributed by atoms with Crippen LogP contribution in [-0.2, 0) is 22.4 Å². The molecule has 0 radical (unpaired) electrons. The van der Waals surface area contributed by atoms with Gasteiger partial charge in [0.15, 0.2) is 0 Å². The highest BCUT2D eigenvalue weighted by Crippen LogP contribution is 2.42. The Morgan fingerprint density at radius 3 is 2.44 bits per heavy atom. The van der Waals surface area contributed by atoms with Crippen molar-refractivity contribution in [3.63, 3.8) is 0 Å². The molecule has 0 spiro atoms. The number of hydrogen-bond acceptors (Lipinski definition) is 7. The smallest absolute Gasteiger partial charge is 0.348 e. The number of nitrogens with zero attached hydrogens (tertiary/aromatic N) is 1. The number of halogens is 3. The molecule has 1 aliphatic carbocycles. The van der Waals surface area contributed by atoms with E-state index in [9.17, 15) is 24.9 Å². The van der Waals surface area contributed by atoms with Crippen molar-refractivity contribution in [1.29, 1.82) is 0 Å². The summed E-state index contributed by atoms with van der Waals surface area (Å²) in [7, 11) is 0. The number of alkyl halides is 1. The van der Waals surface area contributed by atoms with Crippen LogP contribution in [0.15, 0.2) is 18.2 Å². The minimum atomic E-state index is -1.28. The third-order valence-corrected chi connectivity index (χ3v) is 9.80. The topological polar surface area (TPSA) is 107 Å². The highest BCUT2D eigenvalue weighted by Gasteiger charge is 2.35. The van der Waals surface area contributed by atoms with E-state index < -0.39 is 24.6 Å². The van der Waals surface area contributed by atoms with Gasteiger partial charge in [0.2, 0.25) is 5.91 Å². The molecule has 1 heterocycles. The Bertz CT molecular complexity index is 1190. The van der Waals surface area contributed by atoms with Crippen LogP contribution in [0.2, 0.25) is 10.0 Å². The summed E-state index contributed by atoms with van der Waals surface area (Å²) in [5, 5.41) is 30.8. The lowest BCUT2D eigenvalue weighted by Crippen LogP contribution is -2.48. The summed E-state index contributed by atoms with van der Waals surface area (Å²) >= 11 is 20.9. The van der Waals surface area contributed by atoms with Crippen molar-refractivity contribution in [3.05, 3.63) is 43.6 Å². The van der Waals surface area contributed by atoms with Gasteiger partial charge in [-0.1, -0.05) is 36.5 Å². The number of aliphatic hydroxyl groups excluding tert-OH is 3. The number of rotatable bonds is 15. The average Bonchev–Trinajstić information content (AvgIpc) is 3.55. The number of hydrogen-bond donors (Lipinski definition) is 3. The van der Waals surface area contributed by atoms with E-state index in [2.05, 4.69) is 6.92 Å². The second kappa shape index (κ2) is 15.9. The zero-order valence-electron chi connectivity index (χ0n) is 23.6. The molecule has 0 aliphatic heterocycles. The van der Waals surface area contributed by atoms with Crippen molar-refractivity contribution in [2.75, 3.05) is 39.5 Å². The average molecular weight is 649 g/mol. The monoisotopic (exact) mass is 647 g/mol. The maximum Gasteiger partial charge on any atom is 0.348 e. The molecule has 3 N–H and O–H groups in total. The first-order valence-electron chi connectivity index (χ1n) is 14.1. The summed E-state index contributed by atoms with van der Waals surface area (Å²) < 4.78 is 5.61. The fraction of sp³-hybridized carbons (Fsp3) is 0.600. The van der Waals surface area contributed by atoms with Crippen LogP contribution in [-0.4, -0.2) is 77.0 Å². The lowest BCUT2D eigenvalue weighted by Gasteiger charge is -2.34. The number of thiophene rings is 1. The summed E-state index contributed by atoms with van der Waals surface area (Å²) in [4.78, 5) is 27.9. The lowest BCUT2D eigenvalue weighted by molar-refractivity contribution is -0.133. The van der Waals surface area contributed by atoms with Crippen molar-refractivity contribution in [1.82, 2.24) is 4.90 Å². The van der Waals surface area contributed by atoms with Crippen LogP contribution >= 0.6 is 46.1 Å². The van der Waals surface area contributed by atoms with Gasteiger partial charge in [-0.3, -0.25) is 4.79 Å². The first-order chi connectivity index (χ1) is 19.6. The highest BCUT2D eigenvalue weighted by molar-refractivity contribution is 7.14. The minimum Gasteiger partial charge on any atom is -0.461 e. The third-order valence-electron chi connectivity index (χ3n) is 7.71. The Morgan fingerprint density at radius 2 is 1.85 bits per heavy atom. The molecule has 1 saturated carbocycles. The van der Waals surface area contributed by atoms with Crippen LogP contribution in [0.4, 0.5) is 0 Å². The molecular weight excluding hydrogens is 609 g/mol. The Morgan fingerprint density at radius 1 is 1.12 bits per heavy atom. The molecule has 2 aromatic rings. The fourth-order valence-electron chi connectivity index (χ4n) is 5.37. The van der Waals surface area contributed by atoms with E-state index in [0.29, 0.717) is 20.8 Å². The fourth-order valence-corrected chi connectivity index (χ4v) is 7.54. The van der Waals surface area contributed by atoms with Crippen molar-refractivity contribution < 1.29 is 29.6 Å². The molecule has 2 atom stereocenters. The molecular formula is C30H40Cl3NO6S. The van der Waals surface area contributed by atoms with Gasteiger partial charge in [0, 0.05) is 40.9 Å². The molecule has 1 fully saturated rings. The number of aliphatic hydroxyl groups is 3. The molecule has 2 unspecified atom stereocenters. The second-order valence-electron chi connectivity index (χ2n) is 11.0. The lowest BCUT2D eigenvalue weighted by atomic mass is 9.90. The van der Waals surface area contributed by atoms with Gasteiger partial charge in [-0.25, -0.2) is 4.79 Å². The largest absolute Gasteiger partial charge is 0.461 e.